The number of hydrogen-bond donors (Lipinski definition) is 1. The number of allylic oxidation sites excluding steroid dienone is 4. The summed E-state index contributed by atoms with van der Waals surface area (Å²) in [6.07, 6.45) is 5.13. The van der Waals surface area contributed by atoms with E-state index >= 15 is 0 Å². The van der Waals surface area contributed by atoms with Crippen LogP contribution in [-0.4, -0.2) is 16.2 Å². The molecule has 6 heteroatoms. The fourth-order valence-electron chi connectivity index (χ4n) is 2.35. The first kappa shape index (κ1) is 15.2. The average molecular weight is 269 g/mol. The van der Waals surface area contributed by atoms with E-state index in [-0.39, 0.29) is 22.8 Å². The summed E-state index contributed by atoms with van der Waals surface area (Å²) in [6.45, 7) is 3.85. The van der Waals surface area contributed by atoms with Gasteiger partial charge in [-0.15, -0.1) is 0 Å². The molecular formula is C13H19NO5. The molecule has 0 amide bonds. The maximum atomic E-state index is 11.1. The molecule has 0 aromatic rings. The first-order valence-corrected chi connectivity index (χ1v) is 6.35. The molecule has 1 atom stereocenters. The van der Waals surface area contributed by atoms with Crippen LogP contribution < -0.4 is 0 Å². The Kier molecular flexibility index (Phi) is 5.09. The quantitative estimate of drug-likeness (QED) is 0.343. The zero-order valence-electron chi connectivity index (χ0n) is 11.2. The molecule has 0 heterocycles. The van der Waals surface area contributed by atoms with Crippen LogP contribution in [-0.2, 0) is 4.74 Å². The lowest BCUT2D eigenvalue weighted by atomic mass is 9.75. The Balaban J connectivity index is 2.88. The topological polar surface area (TPSA) is 89.7 Å². The van der Waals surface area contributed by atoms with Gasteiger partial charge >= 0.3 is 6.16 Å². The Hall–Kier alpha value is -1.85. The van der Waals surface area contributed by atoms with Crippen molar-refractivity contribution in [3.63, 3.8) is 0 Å². The Morgan fingerprint density at radius 3 is 2.74 bits per heavy atom. The normalized spacial score (nSPS) is 22.4. The monoisotopic (exact) mass is 269 g/mol. The van der Waals surface area contributed by atoms with Crippen LogP contribution in [0.25, 0.3) is 0 Å². The fraction of sp³-hybridized carbons (Fsp3) is 0.615. The van der Waals surface area contributed by atoms with E-state index in [9.17, 15) is 14.9 Å². The van der Waals surface area contributed by atoms with Crippen LogP contribution >= 0.6 is 0 Å². The molecular weight excluding hydrogens is 250 g/mol. The predicted octanol–water partition coefficient (Wildman–Crippen LogP) is 3.72. The van der Waals surface area contributed by atoms with E-state index in [1.54, 1.807) is 6.92 Å². The summed E-state index contributed by atoms with van der Waals surface area (Å²) >= 11 is 0. The Bertz CT molecular complexity index is 427. The summed E-state index contributed by atoms with van der Waals surface area (Å²) in [7, 11) is 0. The molecule has 19 heavy (non-hydrogen) atoms. The number of nitro groups is 1. The van der Waals surface area contributed by atoms with Crippen LogP contribution in [0.15, 0.2) is 23.6 Å². The zero-order valence-corrected chi connectivity index (χ0v) is 11.2. The second-order valence-corrected chi connectivity index (χ2v) is 5.00. The van der Waals surface area contributed by atoms with Crippen molar-refractivity contribution in [2.24, 2.45) is 5.41 Å². The van der Waals surface area contributed by atoms with Gasteiger partial charge in [-0.3, -0.25) is 10.1 Å². The molecule has 1 N–H and O–H groups in total. The van der Waals surface area contributed by atoms with Crippen molar-refractivity contribution in [1.29, 1.82) is 0 Å². The Labute approximate surface area is 111 Å². The molecule has 106 valence electrons. The van der Waals surface area contributed by atoms with Gasteiger partial charge in [-0.2, -0.15) is 0 Å². The summed E-state index contributed by atoms with van der Waals surface area (Å²) < 4.78 is 4.63. The lowest BCUT2D eigenvalue weighted by Crippen LogP contribution is -2.28. The highest BCUT2D eigenvalue weighted by molar-refractivity contribution is 5.58. The van der Waals surface area contributed by atoms with Gasteiger partial charge in [0.2, 0.25) is 0 Å². The first-order chi connectivity index (χ1) is 8.89. The van der Waals surface area contributed by atoms with E-state index in [1.165, 1.54) is 12.2 Å². The molecule has 1 rings (SSSR count). The molecule has 0 fully saturated rings. The second kappa shape index (κ2) is 6.36. The van der Waals surface area contributed by atoms with Crippen molar-refractivity contribution in [2.75, 3.05) is 0 Å². The number of carbonyl (C=O) groups is 1. The fourth-order valence-corrected chi connectivity index (χ4v) is 2.35. The van der Waals surface area contributed by atoms with E-state index in [2.05, 4.69) is 11.7 Å². The zero-order chi connectivity index (χ0) is 14.5. The molecule has 0 spiro atoms. The van der Waals surface area contributed by atoms with Gasteiger partial charge in [-0.1, -0.05) is 26.2 Å². The molecule has 1 unspecified atom stereocenters. The second-order valence-electron chi connectivity index (χ2n) is 5.00. The van der Waals surface area contributed by atoms with Gasteiger partial charge in [-0.05, 0) is 19.4 Å². The molecule has 0 radical (unpaired) electrons. The largest absolute Gasteiger partial charge is 0.511 e. The summed E-state index contributed by atoms with van der Waals surface area (Å²) in [6, 6.07) is 0. The third kappa shape index (κ3) is 4.08. The van der Waals surface area contributed by atoms with E-state index < -0.39 is 11.6 Å². The van der Waals surface area contributed by atoms with Crippen molar-refractivity contribution < 1.29 is 19.6 Å². The highest BCUT2D eigenvalue weighted by Crippen LogP contribution is 2.42. The number of carboxylic acid groups (broad SMARTS) is 1. The summed E-state index contributed by atoms with van der Waals surface area (Å²) in [5.74, 6) is 0.261. The lowest BCUT2D eigenvalue weighted by Gasteiger charge is -2.29. The maximum Gasteiger partial charge on any atom is 0.511 e. The molecule has 1 aliphatic rings. The van der Waals surface area contributed by atoms with Crippen LogP contribution in [0.1, 0.15) is 46.0 Å². The predicted molar refractivity (Wildman–Crippen MR) is 69.1 cm³/mol. The van der Waals surface area contributed by atoms with Crippen LogP contribution in [0.3, 0.4) is 0 Å². The van der Waals surface area contributed by atoms with Gasteiger partial charge in [0.25, 0.3) is 5.70 Å². The molecule has 0 aliphatic heterocycles. The third-order valence-electron chi connectivity index (χ3n) is 3.36. The minimum atomic E-state index is -1.39. The highest BCUT2D eigenvalue weighted by Gasteiger charge is 2.40. The molecule has 0 aromatic carbocycles. The molecule has 6 nitrogen and oxygen atoms in total. The van der Waals surface area contributed by atoms with E-state index in [1.807, 2.05) is 0 Å². The lowest BCUT2D eigenvalue weighted by molar-refractivity contribution is -0.441. The minimum absolute atomic E-state index is 0.126. The van der Waals surface area contributed by atoms with Crippen LogP contribution in [0.4, 0.5) is 4.79 Å². The van der Waals surface area contributed by atoms with Gasteiger partial charge in [-0.25, -0.2) is 4.79 Å². The molecule has 0 saturated heterocycles. The third-order valence-corrected chi connectivity index (χ3v) is 3.36. The van der Waals surface area contributed by atoms with Crippen molar-refractivity contribution >= 4 is 6.16 Å². The average Bonchev–Trinajstić information content (AvgIpc) is 2.27. The number of unbranched alkanes of at least 4 members (excludes halogenated alkanes) is 2. The van der Waals surface area contributed by atoms with Gasteiger partial charge < -0.3 is 9.84 Å². The number of rotatable bonds is 6. The van der Waals surface area contributed by atoms with Gasteiger partial charge in [0.15, 0.2) is 0 Å². The van der Waals surface area contributed by atoms with Crippen molar-refractivity contribution in [1.82, 2.24) is 0 Å². The van der Waals surface area contributed by atoms with Crippen LogP contribution in [0.5, 0.6) is 0 Å². The summed E-state index contributed by atoms with van der Waals surface area (Å²) in [5, 5.41) is 19.7. The molecule has 1 aliphatic carbocycles. The number of nitrogens with zero attached hydrogens (tertiary/aromatic N) is 1. The molecule has 0 saturated carbocycles. The van der Waals surface area contributed by atoms with Crippen molar-refractivity contribution in [3.8, 4) is 0 Å². The molecule has 0 bridgehead atoms. The Morgan fingerprint density at radius 1 is 1.53 bits per heavy atom. The van der Waals surface area contributed by atoms with Crippen molar-refractivity contribution in [3.05, 3.63) is 33.7 Å². The minimum Gasteiger partial charge on any atom is -0.449 e. The highest BCUT2D eigenvalue weighted by atomic mass is 16.7. The standard InChI is InChI=1S/C13H19NO5/c1-3-4-5-8-13(2)9-10(19-12(15)16)6-7-11(13)14(17)18/h6-7H,3-5,8-9H2,1-2H3,(H,15,16). The Morgan fingerprint density at radius 2 is 2.21 bits per heavy atom. The van der Waals surface area contributed by atoms with E-state index in [0.29, 0.717) is 6.42 Å². The van der Waals surface area contributed by atoms with E-state index in [0.717, 1.165) is 19.3 Å². The van der Waals surface area contributed by atoms with Gasteiger partial charge in [0.05, 0.1) is 10.3 Å². The molecule has 0 aromatic heterocycles. The van der Waals surface area contributed by atoms with Crippen LogP contribution in [0.2, 0.25) is 0 Å². The summed E-state index contributed by atoms with van der Waals surface area (Å²) in [4.78, 5) is 21.2. The SMILES string of the molecule is CCCCCC1(C)CC(OC(=O)O)=CC=C1[N+](=O)[O-]. The van der Waals surface area contributed by atoms with Crippen LogP contribution in [0, 0.1) is 15.5 Å². The summed E-state index contributed by atoms with van der Waals surface area (Å²) in [5.41, 5.74) is -0.542. The smallest absolute Gasteiger partial charge is 0.449 e. The van der Waals surface area contributed by atoms with Crippen molar-refractivity contribution in [2.45, 2.75) is 46.0 Å². The van der Waals surface area contributed by atoms with Gasteiger partial charge in [0, 0.05) is 12.5 Å². The maximum absolute atomic E-state index is 11.1. The number of hydrogen-bond acceptors (Lipinski definition) is 4. The van der Waals surface area contributed by atoms with Gasteiger partial charge in [0.1, 0.15) is 5.76 Å². The number of ether oxygens (including phenoxy) is 1. The van der Waals surface area contributed by atoms with E-state index in [4.69, 9.17) is 5.11 Å². The first-order valence-electron chi connectivity index (χ1n) is 6.35.